The van der Waals surface area contributed by atoms with Crippen molar-refractivity contribution in [1.29, 1.82) is 0 Å². The maximum Gasteiger partial charge on any atom is 0.192 e. The fourth-order valence-electron chi connectivity index (χ4n) is 0.969. The zero-order valence-electron chi connectivity index (χ0n) is 9.77. The molecule has 0 bridgehead atoms. The van der Waals surface area contributed by atoms with Gasteiger partial charge in [-0.1, -0.05) is 0 Å². The van der Waals surface area contributed by atoms with Crippen LogP contribution in [0, 0.1) is 0 Å². The zero-order chi connectivity index (χ0) is 12.0. The molecule has 1 aromatic heterocycles. The van der Waals surface area contributed by atoms with Crippen LogP contribution in [0.1, 0.15) is 31.4 Å². The predicted molar refractivity (Wildman–Crippen MR) is 58.6 cm³/mol. The Bertz CT molecular complexity index is 330. The lowest BCUT2D eigenvalue weighted by atomic mass is 10.2. The van der Waals surface area contributed by atoms with Gasteiger partial charge >= 0.3 is 0 Å². The van der Waals surface area contributed by atoms with Gasteiger partial charge in [-0.25, -0.2) is 9.97 Å². The molecule has 0 spiro atoms. The van der Waals surface area contributed by atoms with Gasteiger partial charge < -0.3 is 9.47 Å². The van der Waals surface area contributed by atoms with Crippen molar-refractivity contribution in [1.82, 2.24) is 9.97 Å². The number of aldehydes is 1. The highest BCUT2D eigenvalue weighted by molar-refractivity contribution is 5.68. The van der Waals surface area contributed by atoms with E-state index in [2.05, 4.69) is 9.97 Å². The minimum atomic E-state index is -0.165. The van der Waals surface area contributed by atoms with Gasteiger partial charge in [0.1, 0.15) is 6.61 Å². The summed E-state index contributed by atoms with van der Waals surface area (Å²) in [5, 5.41) is 0. The zero-order valence-corrected chi connectivity index (χ0v) is 9.77. The van der Waals surface area contributed by atoms with E-state index in [9.17, 15) is 4.79 Å². The lowest BCUT2D eigenvalue weighted by molar-refractivity contribution is -0.0163. The predicted octanol–water partition coefficient (Wildman–Crippen LogP) is 1.48. The Balaban J connectivity index is 2.29. The molecule has 1 rings (SSSR count). The van der Waals surface area contributed by atoms with Crippen molar-refractivity contribution in [2.45, 2.75) is 26.4 Å². The highest BCUT2D eigenvalue weighted by Gasteiger charge is 2.09. The minimum Gasteiger partial charge on any atom is -0.488 e. The second-order valence-electron chi connectivity index (χ2n) is 4.20. The molecule has 1 aromatic rings. The fraction of sp³-hybridized carbons (Fsp3) is 0.545. The Morgan fingerprint density at radius 3 is 2.38 bits per heavy atom. The third-order valence-electron chi connectivity index (χ3n) is 1.64. The van der Waals surface area contributed by atoms with Crippen molar-refractivity contribution in [3.05, 3.63) is 18.2 Å². The van der Waals surface area contributed by atoms with Gasteiger partial charge in [-0.2, -0.15) is 0 Å². The number of hydrogen-bond acceptors (Lipinski definition) is 5. The van der Waals surface area contributed by atoms with E-state index in [0.717, 1.165) is 0 Å². The second-order valence-corrected chi connectivity index (χ2v) is 4.20. The summed E-state index contributed by atoms with van der Waals surface area (Å²) in [6.45, 7) is 6.87. The number of carbonyl (C=O) groups is 1. The molecule has 16 heavy (non-hydrogen) atoms. The van der Waals surface area contributed by atoms with Crippen molar-refractivity contribution in [2.24, 2.45) is 0 Å². The molecule has 0 aliphatic heterocycles. The number of ether oxygens (including phenoxy) is 2. The SMILES string of the molecule is CC(C)(C)OCCOc1cnc(C=O)nc1. The highest BCUT2D eigenvalue weighted by atomic mass is 16.5. The molecule has 0 atom stereocenters. The van der Waals surface area contributed by atoms with E-state index in [-0.39, 0.29) is 11.4 Å². The van der Waals surface area contributed by atoms with Gasteiger partial charge in [0, 0.05) is 0 Å². The summed E-state index contributed by atoms with van der Waals surface area (Å²) in [5.41, 5.74) is -0.165. The molecule has 0 fully saturated rings. The van der Waals surface area contributed by atoms with Gasteiger partial charge in [-0.05, 0) is 20.8 Å². The standard InChI is InChI=1S/C11H16N2O3/c1-11(2,3)16-5-4-15-9-6-12-10(8-14)13-7-9/h6-8H,4-5H2,1-3H3. The van der Waals surface area contributed by atoms with Crippen molar-refractivity contribution >= 4 is 6.29 Å². The normalized spacial score (nSPS) is 11.2. The lowest BCUT2D eigenvalue weighted by Crippen LogP contribution is -2.22. The largest absolute Gasteiger partial charge is 0.488 e. The highest BCUT2D eigenvalue weighted by Crippen LogP contribution is 2.08. The Hall–Kier alpha value is -1.49. The van der Waals surface area contributed by atoms with Crippen LogP contribution in [-0.4, -0.2) is 35.1 Å². The first-order valence-electron chi connectivity index (χ1n) is 5.05. The topological polar surface area (TPSA) is 61.3 Å². The van der Waals surface area contributed by atoms with Crippen molar-refractivity contribution in [2.75, 3.05) is 13.2 Å². The molecule has 0 saturated carbocycles. The van der Waals surface area contributed by atoms with E-state index in [4.69, 9.17) is 9.47 Å². The Labute approximate surface area is 94.8 Å². The molecule has 0 unspecified atom stereocenters. The van der Waals surface area contributed by atoms with Crippen LogP contribution in [0.15, 0.2) is 12.4 Å². The number of carbonyl (C=O) groups excluding carboxylic acids is 1. The quantitative estimate of drug-likeness (QED) is 0.560. The van der Waals surface area contributed by atoms with E-state index in [1.54, 1.807) is 0 Å². The third kappa shape index (κ3) is 4.84. The molecule has 88 valence electrons. The van der Waals surface area contributed by atoms with Crippen LogP contribution in [0.3, 0.4) is 0 Å². The second kappa shape index (κ2) is 5.55. The number of aromatic nitrogens is 2. The summed E-state index contributed by atoms with van der Waals surface area (Å²) in [6, 6.07) is 0. The number of hydrogen-bond donors (Lipinski definition) is 0. The molecular weight excluding hydrogens is 208 g/mol. The minimum absolute atomic E-state index is 0.151. The molecular formula is C11H16N2O3. The molecule has 0 saturated heterocycles. The molecule has 0 radical (unpaired) electrons. The molecule has 1 heterocycles. The molecule has 0 amide bonds. The Morgan fingerprint density at radius 1 is 1.25 bits per heavy atom. The van der Waals surface area contributed by atoms with Crippen LogP contribution in [0.4, 0.5) is 0 Å². The smallest absolute Gasteiger partial charge is 0.192 e. The number of rotatable bonds is 5. The van der Waals surface area contributed by atoms with E-state index < -0.39 is 0 Å². The summed E-state index contributed by atoms with van der Waals surface area (Å²) in [6.07, 6.45) is 3.52. The van der Waals surface area contributed by atoms with Crippen molar-refractivity contribution in [3.63, 3.8) is 0 Å². The summed E-state index contributed by atoms with van der Waals surface area (Å²) >= 11 is 0. The van der Waals surface area contributed by atoms with Gasteiger partial charge in [-0.15, -0.1) is 0 Å². The fourth-order valence-corrected chi connectivity index (χ4v) is 0.969. The van der Waals surface area contributed by atoms with Crippen LogP contribution < -0.4 is 4.74 Å². The number of nitrogens with zero attached hydrogens (tertiary/aromatic N) is 2. The molecule has 5 nitrogen and oxygen atoms in total. The first-order valence-corrected chi connectivity index (χ1v) is 5.05. The third-order valence-corrected chi connectivity index (χ3v) is 1.64. The van der Waals surface area contributed by atoms with Gasteiger partial charge in [-0.3, -0.25) is 4.79 Å². The summed E-state index contributed by atoms with van der Waals surface area (Å²) in [4.78, 5) is 17.9. The van der Waals surface area contributed by atoms with Crippen LogP contribution in [0.25, 0.3) is 0 Å². The first-order chi connectivity index (χ1) is 7.51. The molecule has 0 aromatic carbocycles. The van der Waals surface area contributed by atoms with Crippen molar-refractivity contribution < 1.29 is 14.3 Å². The maximum atomic E-state index is 10.3. The monoisotopic (exact) mass is 224 g/mol. The van der Waals surface area contributed by atoms with Crippen LogP contribution in [0.2, 0.25) is 0 Å². The molecule has 0 aliphatic rings. The summed E-state index contributed by atoms with van der Waals surface area (Å²) in [7, 11) is 0. The van der Waals surface area contributed by atoms with E-state index in [1.807, 2.05) is 20.8 Å². The first kappa shape index (κ1) is 12.6. The average molecular weight is 224 g/mol. The van der Waals surface area contributed by atoms with E-state index in [0.29, 0.717) is 25.2 Å². The van der Waals surface area contributed by atoms with Gasteiger partial charge in [0.05, 0.1) is 24.6 Å². The Kier molecular flexibility index (Phi) is 4.37. The van der Waals surface area contributed by atoms with Crippen LogP contribution in [0.5, 0.6) is 5.75 Å². The molecule has 0 N–H and O–H groups in total. The molecule has 0 aliphatic carbocycles. The van der Waals surface area contributed by atoms with E-state index in [1.165, 1.54) is 12.4 Å². The van der Waals surface area contributed by atoms with Gasteiger partial charge in [0.2, 0.25) is 0 Å². The van der Waals surface area contributed by atoms with Crippen LogP contribution in [-0.2, 0) is 4.74 Å². The van der Waals surface area contributed by atoms with Gasteiger partial charge in [0.15, 0.2) is 17.9 Å². The Morgan fingerprint density at radius 2 is 1.88 bits per heavy atom. The van der Waals surface area contributed by atoms with Crippen LogP contribution >= 0.6 is 0 Å². The van der Waals surface area contributed by atoms with Gasteiger partial charge in [0.25, 0.3) is 0 Å². The van der Waals surface area contributed by atoms with E-state index >= 15 is 0 Å². The summed E-state index contributed by atoms with van der Waals surface area (Å²) in [5.74, 6) is 0.682. The molecule has 5 heteroatoms. The summed E-state index contributed by atoms with van der Waals surface area (Å²) < 4.78 is 10.8. The van der Waals surface area contributed by atoms with Crippen molar-refractivity contribution in [3.8, 4) is 5.75 Å². The maximum absolute atomic E-state index is 10.3. The lowest BCUT2D eigenvalue weighted by Gasteiger charge is -2.19. The average Bonchev–Trinajstić information content (AvgIpc) is 2.24.